The number of hydrogen-bond acceptors (Lipinski definition) is 4. The van der Waals surface area contributed by atoms with Crippen molar-refractivity contribution in [2.24, 2.45) is 0 Å². The molecule has 90 valence electrons. The molecule has 2 heterocycles. The van der Waals surface area contributed by atoms with E-state index in [0.717, 1.165) is 10.0 Å². The second kappa shape index (κ2) is 4.62. The third kappa shape index (κ3) is 2.28. The van der Waals surface area contributed by atoms with Crippen molar-refractivity contribution < 1.29 is 9.32 Å². The van der Waals surface area contributed by atoms with Crippen LogP contribution in [0.1, 0.15) is 21.0 Å². The van der Waals surface area contributed by atoms with Gasteiger partial charge in [-0.1, -0.05) is 5.16 Å². The molecule has 17 heavy (non-hydrogen) atoms. The van der Waals surface area contributed by atoms with Gasteiger partial charge in [-0.25, -0.2) is 0 Å². The Balaban J connectivity index is 2.29. The molecule has 4 nitrogen and oxygen atoms in total. The highest BCUT2D eigenvalue weighted by Gasteiger charge is 2.20. The second-order valence-electron chi connectivity index (χ2n) is 3.70. The fourth-order valence-corrected chi connectivity index (χ4v) is 2.91. The van der Waals surface area contributed by atoms with Crippen LogP contribution in [-0.2, 0) is 0 Å². The minimum Gasteiger partial charge on any atom is -0.360 e. The molecule has 2 aromatic rings. The highest BCUT2D eigenvalue weighted by Crippen LogP contribution is 2.28. The summed E-state index contributed by atoms with van der Waals surface area (Å²) >= 11 is 4.82. The molecule has 0 aliphatic carbocycles. The summed E-state index contributed by atoms with van der Waals surface area (Å²) in [6.45, 7) is 3.71. The molecule has 0 fully saturated rings. The first-order chi connectivity index (χ1) is 8.00. The summed E-state index contributed by atoms with van der Waals surface area (Å²) in [6.07, 6.45) is 0. The molecule has 0 aliphatic heterocycles. The molecule has 0 radical (unpaired) electrons. The number of nitrogens with zero attached hydrogens (tertiary/aromatic N) is 2. The molecule has 0 aromatic carbocycles. The Hall–Kier alpha value is -1.14. The Morgan fingerprint density at radius 1 is 1.53 bits per heavy atom. The Kier molecular flexibility index (Phi) is 3.35. The van der Waals surface area contributed by atoms with E-state index in [9.17, 15) is 4.79 Å². The standard InChI is InChI=1S/C11H11BrN2O2S/c1-6-4-9(13-16-6)14(3)11(15)10-7(2)8(12)5-17-10/h4-5H,1-3H3. The van der Waals surface area contributed by atoms with Crippen LogP contribution < -0.4 is 4.90 Å². The Bertz CT molecular complexity index is 562. The smallest absolute Gasteiger partial charge is 0.269 e. The van der Waals surface area contributed by atoms with Crippen LogP contribution in [0.5, 0.6) is 0 Å². The summed E-state index contributed by atoms with van der Waals surface area (Å²) in [7, 11) is 1.69. The largest absolute Gasteiger partial charge is 0.360 e. The van der Waals surface area contributed by atoms with E-state index in [1.54, 1.807) is 20.0 Å². The normalized spacial score (nSPS) is 10.6. The van der Waals surface area contributed by atoms with Gasteiger partial charge in [-0.2, -0.15) is 0 Å². The van der Waals surface area contributed by atoms with E-state index in [1.165, 1.54) is 16.2 Å². The van der Waals surface area contributed by atoms with Gasteiger partial charge < -0.3 is 4.52 Å². The zero-order valence-corrected chi connectivity index (χ0v) is 12.1. The molecular formula is C11H11BrN2O2S. The van der Waals surface area contributed by atoms with Crippen molar-refractivity contribution in [3.05, 3.63) is 32.1 Å². The minimum atomic E-state index is -0.0773. The van der Waals surface area contributed by atoms with Gasteiger partial charge in [-0.3, -0.25) is 9.69 Å². The SMILES string of the molecule is Cc1cc(N(C)C(=O)c2scc(Br)c2C)no1. The summed E-state index contributed by atoms with van der Waals surface area (Å²) in [5.41, 5.74) is 0.951. The van der Waals surface area contributed by atoms with Gasteiger partial charge in [0.1, 0.15) is 5.76 Å². The van der Waals surface area contributed by atoms with E-state index in [4.69, 9.17) is 4.52 Å². The van der Waals surface area contributed by atoms with Gasteiger partial charge in [0.2, 0.25) is 0 Å². The number of carbonyl (C=O) groups is 1. The fraction of sp³-hybridized carbons (Fsp3) is 0.273. The lowest BCUT2D eigenvalue weighted by Crippen LogP contribution is -2.26. The van der Waals surface area contributed by atoms with Crippen molar-refractivity contribution in [3.63, 3.8) is 0 Å². The van der Waals surface area contributed by atoms with Crippen LogP contribution in [0, 0.1) is 13.8 Å². The second-order valence-corrected chi connectivity index (χ2v) is 5.43. The Labute approximate surface area is 111 Å². The molecular weight excluding hydrogens is 304 g/mol. The van der Waals surface area contributed by atoms with Crippen molar-refractivity contribution >= 4 is 39.0 Å². The predicted octanol–water partition coefficient (Wildman–Crippen LogP) is 3.39. The van der Waals surface area contributed by atoms with Gasteiger partial charge in [0.15, 0.2) is 5.82 Å². The number of hydrogen-bond donors (Lipinski definition) is 0. The van der Waals surface area contributed by atoms with E-state index in [0.29, 0.717) is 16.5 Å². The van der Waals surface area contributed by atoms with Gasteiger partial charge >= 0.3 is 0 Å². The van der Waals surface area contributed by atoms with Crippen LogP contribution >= 0.6 is 27.3 Å². The first-order valence-electron chi connectivity index (χ1n) is 4.95. The zero-order chi connectivity index (χ0) is 12.6. The number of rotatable bonds is 2. The number of aromatic nitrogens is 1. The number of aryl methyl sites for hydroxylation is 1. The molecule has 0 aliphatic rings. The maximum absolute atomic E-state index is 12.2. The maximum Gasteiger partial charge on any atom is 0.269 e. The Morgan fingerprint density at radius 3 is 2.71 bits per heavy atom. The third-order valence-corrected chi connectivity index (χ3v) is 4.63. The quantitative estimate of drug-likeness (QED) is 0.853. The van der Waals surface area contributed by atoms with Gasteiger partial charge in [0.25, 0.3) is 5.91 Å². The molecule has 6 heteroatoms. The van der Waals surface area contributed by atoms with Crippen LogP contribution in [0.15, 0.2) is 20.4 Å². The summed E-state index contributed by atoms with van der Waals surface area (Å²) < 4.78 is 5.91. The van der Waals surface area contributed by atoms with Gasteiger partial charge in [0.05, 0.1) is 4.88 Å². The average Bonchev–Trinajstić information content (AvgIpc) is 2.86. The molecule has 2 rings (SSSR count). The predicted molar refractivity (Wildman–Crippen MR) is 70.7 cm³/mol. The molecule has 0 spiro atoms. The Morgan fingerprint density at radius 2 is 2.24 bits per heavy atom. The zero-order valence-electron chi connectivity index (χ0n) is 9.65. The number of anilines is 1. The molecule has 2 aromatic heterocycles. The number of amides is 1. The number of thiophene rings is 1. The summed E-state index contributed by atoms with van der Waals surface area (Å²) in [5.74, 6) is 1.13. The molecule has 0 bridgehead atoms. The monoisotopic (exact) mass is 314 g/mol. The summed E-state index contributed by atoms with van der Waals surface area (Å²) in [6, 6.07) is 1.73. The van der Waals surface area contributed by atoms with Gasteiger partial charge in [-0.05, 0) is 35.3 Å². The molecule has 0 N–H and O–H groups in total. The minimum absolute atomic E-state index is 0.0773. The van der Waals surface area contributed by atoms with Crippen LogP contribution in [0.2, 0.25) is 0 Å². The van der Waals surface area contributed by atoms with Gasteiger partial charge in [0, 0.05) is 23.0 Å². The van der Waals surface area contributed by atoms with Crippen LogP contribution in [-0.4, -0.2) is 18.1 Å². The highest BCUT2D eigenvalue weighted by molar-refractivity contribution is 9.10. The average molecular weight is 315 g/mol. The van der Waals surface area contributed by atoms with E-state index >= 15 is 0 Å². The van der Waals surface area contributed by atoms with E-state index < -0.39 is 0 Å². The van der Waals surface area contributed by atoms with E-state index in [-0.39, 0.29) is 5.91 Å². The topological polar surface area (TPSA) is 46.3 Å². The first-order valence-corrected chi connectivity index (χ1v) is 6.63. The third-order valence-electron chi connectivity index (χ3n) is 2.44. The van der Waals surface area contributed by atoms with E-state index in [2.05, 4.69) is 21.1 Å². The molecule has 1 amide bonds. The van der Waals surface area contributed by atoms with Crippen molar-refractivity contribution in [2.75, 3.05) is 11.9 Å². The summed E-state index contributed by atoms with van der Waals surface area (Å²) in [5, 5.41) is 5.73. The van der Waals surface area contributed by atoms with Crippen LogP contribution in [0.25, 0.3) is 0 Å². The van der Waals surface area contributed by atoms with Crippen molar-refractivity contribution in [3.8, 4) is 0 Å². The number of halogens is 1. The maximum atomic E-state index is 12.2. The van der Waals surface area contributed by atoms with Crippen LogP contribution in [0.4, 0.5) is 5.82 Å². The fourth-order valence-electron chi connectivity index (χ4n) is 1.37. The lowest BCUT2D eigenvalue weighted by atomic mass is 10.2. The molecule has 0 unspecified atom stereocenters. The summed E-state index contributed by atoms with van der Waals surface area (Å²) in [4.78, 5) is 14.4. The lowest BCUT2D eigenvalue weighted by Gasteiger charge is -2.12. The van der Waals surface area contributed by atoms with E-state index in [1.807, 2.05) is 12.3 Å². The van der Waals surface area contributed by atoms with Crippen molar-refractivity contribution in [1.82, 2.24) is 5.16 Å². The van der Waals surface area contributed by atoms with Crippen molar-refractivity contribution in [1.29, 1.82) is 0 Å². The first kappa shape index (κ1) is 12.3. The van der Waals surface area contributed by atoms with Gasteiger partial charge in [-0.15, -0.1) is 11.3 Å². The lowest BCUT2D eigenvalue weighted by molar-refractivity contribution is 0.0995. The highest BCUT2D eigenvalue weighted by atomic mass is 79.9. The molecule has 0 saturated carbocycles. The number of carbonyl (C=O) groups excluding carboxylic acids is 1. The van der Waals surface area contributed by atoms with Crippen LogP contribution in [0.3, 0.4) is 0 Å². The van der Waals surface area contributed by atoms with Crippen molar-refractivity contribution in [2.45, 2.75) is 13.8 Å². The molecule has 0 atom stereocenters. The molecule has 0 saturated heterocycles.